The highest BCUT2D eigenvalue weighted by Crippen LogP contribution is 1.98. The summed E-state index contributed by atoms with van der Waals surface area (Å²) in [5, 5.41) is 5.71. The molecule has 1 aliphatic rings. The van der Waals surface area contributed by atoms with Crippen LogP contribution < -0.4 is 10.6 Å². The molecule has 0 spiro atoms. The van der Waals surface area contributed by atoms with E-state index in [1.165, 1.54) is 0 Å². The van der Waals surface area contributed by atoms with Crippen LogP contribution in [0, 0.1) is 0 Å². The fraction of sp³-hybridized carbons (Fsp3) is 0.625. The lowest BCUT2D eigenvalue weighted by atomic mass is 10.2. The zero-order valence-electron chi connectivity index (χ0n) is 7.31. The van der Waals surface area contributed by atoms with Gasteiger partial charge >= 0.3 is 0 Å². The predicted octanol–water partition coefficient (Wildman–Crippen LogP) is -0.000400. The van der Waals surface area contributed by atoms with E-state index in [0.717, 1.165) is 17.6 Å². The van der Waals surface area contributed by atoms with Crippen LogP contribution in [0.25, 0.3) is 0 Å². The smallest absolute Gasteiger partial charge is 0.246 e. The highest BCUT2D eigenvalue weighted by Gasteiger charge is 2.17. The van der Waals surface area contributed by atoms with Gasteiger partial charge in [0, 0.05) is 24.1 Å². The Balaban J connectivity index is 2.00. The van der Waals surface area contributed by atoms with E-state index in [4.69, 9.17) is 4.74 Å². The van der Waals surface area contributed by atoms with Crippen molar-refractivity contribution in [2.75, 3.05) is 26.2 Å². The van der Waals surface area contributed by atoms with Gasteiger partial charge in [-0.1, -0.05) is 22.5 Å². The molecule has 0 radical (unpaired) electrons. The number of halogens is 1. The molecule has 0 aromatic heterocycles. The first-order chi connectivity index (χ1) is 6.18. The fourth-order valence-corrected chi connectivity index (χ4v) is 0.959. The maximum atomic E-state index is 11.1. The number of hydrogen-bond acceptors (Lipinski definition) is 3. The van der Waals surface area contributed by atoms with Gasteiger partial charge in [0.2, 0.25) is 5.91 Å². The summed E-state index contributed by atoms with van der Waals surface area (Å²) in [6, 6.07) is 0. The van der Waals surface area contributed by atoms with Crippen LogP contribution >= 0.6 is 15.9 Å². The van der Waals surface area contributed by atoms with E-state index in [1.54, 1.807) is 0 Å². The summed E-state index contributed by atoms with van der Waals surface area (Å²) < 4.78 is 6.01. The predicted molar refractivity (Wildman–Crippen MR) is 53.7 cm³/mol. The second-order valence-electron chi connectivity index (χ2n) is 2.89. The molecule has 0 atom stereocenters. The molecule has 0 aromatic rings. The number of nitrogens with one attached hydrogen (secondary N) is 2. The molecule has 0 bridgehead atoms. The summed E-state index contributed by atoms with van der Waals surface area (Å²) in [4.78, 5) is 11.1. The highest BCUT2D eigenvalue weighted by molar-refractivity contribution is 9.11. The summed E-state index contributed by atoms with van der Waals surface area (Å²) in [5.74, 6) is -0.104. The molecule has 5 heteroatoms. The summed E-state index contributed by atoms with van der Waals surface area (Å²) in [6.45, 7) is 5.87. The molecule has 13 heavy (non-hydrogen) atoms. The Labute approximate surface area is 85.8 Å². The first-order valence-electron chi connectivity index (χ1n) is 4.11. The van der Waals surface area contributed by atoms with Crippen molar-refractivity contribution in [3.63, 3.8) is 0 Å². The fourth-order valence-electron chi connectivity index (χ4n) is 0.819. The van der Waals surface area contributed by atoms with E-state index in [1.807, 2.05) is 0 Å². The summed E-state index contributed by atoms with van der Waals surface area (Å²) in [7, 11) is 0. The van der Waals surface area contributed by atoms with Crippen LogP contribution in [-0.4, -0.2) is 38.3 Å². The molecule has 4 nitrogen and oxygen atoms in total. The topological polar surface area (TPSA) is 50.4 Å². The average molecular weight is 249 g/mol. The highest BCUT2D eigenvalue weighted by atomic mass is 79.9. The van der Waals surface area contributed by atoms with E-state index in [2.05, 4.69) is 33.1 Å². The van der Waals surface area contributed by atoms with Gasteiger partial charge in [-0.2, -0.15) is 0 Å². The second kappa shape index (κ2) is 5.36. The van der Waals surface area contributed by atoms with E-state index in [-0.39, 0.29) is 18.6 Å². The minimum Gasteiger partial charge on any atom is -0.366 e. The Kier molecular flexibility index (Phi) is 4.41. The lowest BCUT2D eigenvalue weighted by molar-refractivity contribution is -0.128. The van der Waals surface area contributed by atoms with Crippen LogP contribution in [0.4, 0.5) is 0 Å². The van der Waals surface area contributed by atoms with Crippen LogP contribution in [-0.2, 0) is 9.53 Å². The maximum absolute atomic E-state index is 11.1. The Morgan fingerprint density at radius 1 is 1.69 bits per heavy atom. The molecule has 0 unspecified atom stereocenters. The van der Waals surface area contributed by atoms with Crippen LogP contribution in [0.3, 0.4) is 0 Å². The first kappa shape index (κ1) is 10.7. The maximum Gasteiger partial charge on any atom is 0.246 e. The molecular weight excluding hydrogens is 236 g/mol. The molecule has 0 saturated carbocycles. The number of ether oxygens (including phenoxy) is 1. The van der Waals surface area contributed by atoms with Crippen molar-refractivity contribution in [2.24, 2.45) is 0 Å². The standard InChI is InChI=1S/C8H13BrN2O2/c1-6(9)2-11-8(12)5-13-7-3-10-4-7/h7,10H,1-5H2,(H,11,12). The van der Waals surface area contributed by atoms with Crippen molar-refractivity contribution < 1.29 is 9.53 Å². The SMILES string of the molecule is C=C(Br)CNC(=O)COC1CNC1. The lowest BCUT2D eigenvalue weighted by Crippen LogP contribution is -2.49. The van der Waals surface area contributed by atoms with E-state index in [0.29, 0.717) is 6.54 Å². The van der Waals surface area contributed by atoms with Crippen LogP contribution in [0.15, 0.2) is 11.1 Å². The van der Waals surface area contributed by atoms with Crippen LogP contribution in [0.5, 0.6) is 0 Å². The van der Waals surface area contributed by atoms with Crippen molar-refractivity contribution in [3.8, 4) is 0 Å². The number of hydrogen-bond donors (Lipinski definition) is 2. The second-order valence-corrected chi connectivity index (χ2v) is 4.01. The lowest BCUT2D eigenvalue weighted by Gasteiger charge is -2.26. The molecule has 1 saturated heterocycles. The van der Waals surface area contributed by atoms with Gasteiger partial charge in [0.05, 0.1) is 6.10 Å². The first-order valence-corrected chi connectivity index (χ1v) is 4.90. The minimum atomic E-state index is -0.104. The third-order valence-electron chi connectivity index (χ3n) is 1.67. The summed E-state index contributed by atoms with van der Waals surface area (Å²) in [6.07, 6.45) is 0.206. The van der Waals surface area contributed by atoms with E-state index >= 15 is 0 Å². The zero-order chi connectivity index (χ0) is 9.68. The van der Waals surface area contributed by atoms with Gasteiger partial charge in [0.15, 0.2) is 0 Å². The molecule has 1 aliphatic heterocycles. The molecule has 0 aromatic carbocycles. The Bertz CT molecular complexity index is 204. The van der Waals surface area contributed by atoms with Gasteiger partial charge in [-0.3, -0.25) is 4.79 Å². The summed E-state index contributed by atoms with van der Waals surface area (Å²) >= 11 is 3.15. The largest absolute Gasteiger partial charge is 0.366 e. The third kappa shape index (κ3) is 4.40. The summed E-state index contributed by atoms with van der Waals surface area (Å²) in [5.41, 5.74) is 0. The molecular formula is C8H13BrN2O2. The van der Waals surface area contributed by atoms with Gasteiger partial charge in [-0.15, -0.1) is 0 Å². The molecule has 1 amide bonds. The normalized spacial score (nSPS) is 16.4. The average Bonchev–Trinajstić information content (AvgIpc) is 1.98. The molecule has 74 valence electrons. The van der Waals surface area contributed by atoms with Gasteiger partial charge in [0.1, 0.15) is 6.61 Å². The van der Waals surface area contributed by atoms with Crippen LogP contribution in [0.2, 0.25) is 0 Å². The number of carbonyl (C=O) groups excluding carboxylic acids is 1. The van der Waals surface area contributed by atoms with Gasteiger partial charge in [-0.05, 0) is 0 Å². The minimum absolute atomic E-state index is 0.104. The monoisotopic (exact) mass is 248 g/mol. The molecule has 0 aliphatic carbocycles. The molecule has 1 rings (SSSR count). The third-order valence-corrected chi connectivity index (χ3v) is 1.95. The Morgan fingerprint density at radius 3 is 2.85 bits per heavy atom. The number of amides is 1. The molecule has 1 heterocycles. The van der Waals surface area contributed by atoms with Crippen molar-refractivity contribution in [3.05, 3.63) is 11.1 Å². The van der Waals surface area contributed by atoms with Crippen LogP contribution in [0.1, 0.15) is 0 Å². The van der Waals surface area contributed by atoms with Crippen molar-refractivity contribution in [1.29, 1.82) is 0 Å². The van der Waals surface area contributed by atoms with Crippen molar-refractivity contribution >= 4 is 21.8 Å². The molecule has 1 fully saturated rings. The van der Waals surface area contributed by atoms with E-state index < -0.39 is 0 Å². The number of rotatable bonds is 5. The van der Waals surface area contributed by atoms with Crippen molar-refractivity contribution in [2.45, 2.75) is 6.10 Å². The quantitative estimate of drug-likeness (QED) is 0.721. The van der Waals surface area contributed by atoms with E-state index in [9.17, 15) is 4.79 Å². The zero-order valence-corrected chi connectivity index (χ0v) is 8.89. The van der Waals surface area contributed by atoms with Gasteiger partial charge < -0.3 is 15.4 Å². The Hall–Kier alpha value is -0.390. The van der Waals surface area contributed by atoms with Gasteiger partial charge in [-0.25, -0.2) is 0 Å². The Morgan fingerprint density at radius 2 is 2.38 bits per heavy atom. The number of carbonyl (C=O) groups is 1. The molecule has 2 N–H and O–H groups in total. The van der Waals surface area contributed by atoms with Crippen molar-refractivity contribution in [1.82, 2.24) is 10.6 Å². The van der Waals surface area contributed by atoms with Gasteiger partial charge in [0.25, 0.3) is 0 Å².